The first-order chi connectivity index (χ1) is 8.69. The van der Waals surface area contributed by atoms with Crippen molar-refractivity contribution in [2.75, 3.05) is 6.54 Å². The monoisotopic (exact) mass is 285 g/mol. The van der Waals surface area contributed by atoms with E-state index in [2.05, 4.69) is 28.5 Å². The summed E-state index contributed by atoms with van der Waals surface area (Å²) in [6.45, 7) is 7.70. The van der Waals surface area contributed by atoms with Gasteiger partial charge in [-0.25, -0.2) is 4.98 Å². The summed E-state index contributed by atoms with van der Waals surface area (Å²) in [5.41, 5.74) is 0. The van der Waals surface area contributed by atoms with Gasteiger partial charge in [-0.3, -0.25) is 0 Å². The topological polar surface area (TPSA) is 37.8 Å². The molecule has 0 aliphatic heterocycles. The zero-order chi connectivity index (χ0) is 13.0. The Morgan fingerprint density at radius 2 is 2.28 bits per heavy atom. The van der Waals surface area contributed by atoms with Crippen molar-refractivity contribution in [3.05, 3.63) is 5.82 Å². The van der Waals surface area contributed by atoms with E-state index in [1.54, 1.807) is 11.5 Å². The molecule has 3 nitrogen and oxygen atoms in total. The summed E-state index contributed by atoms with van der Waals surface area (Å²) in [5, 5.41) is 4.36. The molecule has 1 heterocycles. The van der Waals surface area contributed by atoms with Gasteiger partial charge in [0.15, 0.2) is 4.34 Å². The van der Waals surface area contributed by atoms with Crippen LogP contribution in [0.3, 0.4) is 0 Å². The van der Waals surface area contributed by atoms with Crippen LogP contribution in [0.25, 0.3) is 0 Å². The second-order valence-corrected chi connectivity index (χ2v) is 7.48. The fourth-order valence-corrected chi connectivity index (χ4v) is 4.82. The van der Waals surface area contributed by atoms with Crippen LogP contribution in [-0.2, 0) is 0 Å². The molecule has 1 aromatic heterocycles. The fraction of sp³-hybridized carbons (Fsp3) is 0.846. The molecule has 5 heteroatoms. The van der Waals surface area contributed by atoms with E-state index in [1.807, 2.05) is 18.7 Å². The number of aromatic nitrogens is 2. The lowest BCUT2D eigenvalue weighted by Crippen LogP contribution is -2.42. The third kappa shape index (κ3) is 3.93. The van der Waals surface area contributed by atoms with Crippen molar-refractivity contribution < 1.29 is 0 Å². The van der Waals surface area contributed by atoms with Gasteiger partial charge in [-0.15, -0.1) is 0 Å². The van der Waals surface area contributed by atoms with Crippen molar-refractivity contribution in [2.45, 2.75) is 62.1 Å². The first-order valence-electron chi connectivity index (χ1n) is 6.89. The van der Waals surface area contributed by atoms with E-state index in [4.69, 9.17) is 0 Å². The van der Waals surface area contributed by atoms with Crippen LogP contribution in [0.1, 0.15) is 45.4 Å². The van der Waals surface area contributed by atoms with Crippen LogP contribution in [0.4, 0.5) is 0 Å². The highest BCUT2D eigenvalue weighted by atomic mass is 32.2. The molecule has 0 bridgehead atoms. The summed E-state index contributed by atoms with van der Waals surface area (Å²) < 4.78 is 5.41. The molecule has 102 valence electrons. The number of hydrogen-bond donors (Lipinski definition) is 1. The van der Waals surface area contributed by atoms with Gasteiger partial charge in [0.1, 0.15) is 5.82 Å². The summed E-state index contributed by atoms with van der Waals surface area (Å²) in [6, 6.07) is 0.648. The first-order valence-corrected chi connectivity index (χ1v) is 8.54. The molecule has 0 radical (unpaired) electrons. The number of rotatable bonds is 5. The Bertz CT molecular complexity index is 365. The van der Waals surface area contributed by atoms with Crippen molar-refractivity contribution in [3.8, 4) is 0 Å². The van der Waals surface area contributed by atoms with E-state index < -0.39 is 0 Å². The Morgan fingerprint density at radius 3 is 2.94 bits per heavy atom. The standard InChI is InChI=1S/C13H23N3S2/c1-4-7-14-11-6-5-9(2)8-12(11)17-13-15-10(3)16-18-13/h9,11-12,14H,4-8H2,1-3H3. The molecule has 0 amide bonds. The maximum absolute atomic E-state index is 4.49. The number of nitrogens with zero attached hydrogens (tertiary/aromatic N) is 2. The average molecular weight is 285 g/mol. The van der Waals surface area contributed by atoms with Gasteiger partial charge in [-0.1, -0.05) is 25.6 Å². The highest BCUT2D eigenvalue weighted by Crippen LogP contribution is 2.36. The molecular weight excluding hydrogens is 262 g/mol. The minimum absolute atomic E-state index is 0.648. The molecule has 1 aliphatic carbocycles. The Morgan fingerprint density at radius 1 is 1.44 bits per heavy atom. The fourth-order valence-electron chi connectivity index (χ4n) is 2.48. The minimum Gasteiger partial charge on any atom is -0.313 e. The molecule has 0 spiro atoms. The Balaban J connectivity index is 1.96. The van der Waals surface area contributed by atoms with Crippen LogP contribution in [0.2, 0.25) is 0 Å². The summed E-state index contributed by atoms with van der Waals surface area (Å²) in [6.07, 6.45) is 5.16. The highest BCUT2D eigenvalue weighted by molar-refractivity contribution is 8.01. The van der Waals surface area contributed by atoms with Crippen molar-refractivity contribution in [1.29, 1.82) is 0 Å². The molecule has 1 fully saturated rings. The SMILES string of the molecule is CCCNC1CCC(C)CC1Sc1nc(C)ns1. The quantitative estimate of drug-likeness (QED) is 0.898. The lowest BCUT2D eigenvalue weighted by Gasteiger charge is -2.34. The van der Waals surface area contributed by atoms with Gasteiger partial charge in [0.2, 0.25) is 0 Å². The lowest BCUT2D eigenvalue weighted by molar-refractivity contribution is 0.317. The summed E-state index contributed by atoms with van der Waals surface area (Å²) in [4.78, 5) is 4.49. The van der Waals surface area contributed by atoms with Gasteiger partial charge in [0, 0.05) is 11.3 Å². The van der Waals surface area contributed by atoms with Crippen molar-refractivity contribution in [3.63, 3.8) is 0 Å². The van der Waals surface area contributed by atoms with Crippen LogP contribution >= 0.6 is 23.3 Å². The predicted octanol–water partition coefficient (Wildman–Crippen LogP) is 3.50. The molecule has 0 saturated heterocycles. The van der Waals surface area contributed by atoms with E-state index in [0.717, 1.165) is 22.6 Å². The van der Waals surface area contributed by atoms with Gasteiger partial charge >= 0.3 is 0 Å². The van der Waals surface area contributed by atoms with Crippen LogP contribution < -0.4 is 5.32 Å². The molecule has 1 aliphatic rings. The second-order valence-electron chi connectivity index (χ2n) is 5.24. The molecule has 3 atom stereocenters. The Kier molecular flexibility index (Phi) is 5.45. The maximum atomic E-state index is 4.49. The Hall–Kier alpha value is -0.130. The molecule has 1 N–H and O–H groups in total. The predicted molar refractivity (Wildman–Crippen MR) is 79.4 cm³/mol. The van der Waals surface area contributed by atoms with Crippen molar-refractivity contribution >= 4 is 23.3 Å². The van der Waals surface area contributed by atoms with E-state index in [9.17, 15) is 0 Å². The van der Waals surface area contributed by atoms with Crippen molar-refractivity contribution in [1.82, 2.24) is 14.7 Å². The zero-order valence-electron chi connectivity index (χ0n) is 11.5. The van der Waals surface area contributed by atoms with E-state index in [0.29, 0.717) is 11.3 Å². The maximum Gasteiger partial charge on any atom is 0.170 e. The average Bonchev–Trinajstić information content (AvgIpc) is 2.74. The molecule has 1 aromatic rings. The van der Waals surface area contributed by atoms with Gasteiger partial charge in [-0.05, 0) is 56.6 Å². The number of nitrogens with one attached hydrogen (secondary N) is 1. The van der Waals surface area contributed by atoms with E-state index in [-0.39, 0.29) is 0 Å². The first kappa shape index (κ1) is 14.3. The normalized spacial score (nSPS) is 28.5. The summed E-state index contributed by atoms with van der Waals surface area (Å²) >= 11 is 3.47. The molecule has 2 rings (SSSR count). The summed E-state index contributed by atoms with van der Waals surface area (Å²) in [5.74, 6) is 1.75. The van der Waals surface area contributed by atoms with Gasteiger partial charge < -0.3 is 5.32 Å². The van der Waals surface area contributed by atoms with Gasteiger partial charge in [0.05, 0.1) is 0 Å². The largest absolute Gasteiger partial charge is 0.313 e. The molecule has 3 unspecified atom stereocenters. The summed E-state index contributed by atoms with van der Waals surface area (Å²) in [7, 11) is 0. The van der Waals surface area contributed by atoms with Gasteiger partial charge in [0.25, 0.3) is 0 Å². The third-order valence-corrected chi connectivity index (χ3v) is 5.70. The number of aryl methyl sites for hydroxylation is 1. The lowest BCUT2D eigenvalue weighted by atomic mass is 9.87. The highest BCUT2D eigenvalue weighted by Gasteiger charge is 2.29. The molecule has 1 saturated carbocycles. The van der Waals surface area contributed by atoms with Crippen LogP contribution in [0, 0.1) is 12.8 Å². The zero-order valence-corrected chi connectivity index (χ0v) is 13.1. The van der Waals surface area contributed by atoms with E-state index in [1.165, 1.54) is 25.7 Å². The Labute approximate surface area is 118 Å². The van der Waals surface area contributed by atoms with Crippen molar-refractivity contribution in [2.24, 2.45) is 5.92 Å². The molecule has 18 heavy (non-hydrogen) atoms. The molecule has 0 aromatic carbocycles. The van der Waals surface area contributed by atoms with Crippen LogP contribution in [0.15, 0.2) is 4.34 Å². The van der Waals surface area contributed by atoms with Crippen LogP contribution in [0.5, 0.6) is 0 Å². The number of thioether (sulfide) groups is 1. The number of hydrogen-bond acceptors (Lipinski definition) is 5. The van der Waals surface area contributed by atoms with Gasteiger partial charge in [-0.2, -0.15) is 4.37 Å². The molecular formula is C13H23N3S2. The minimum atomic E-state index is 0.648. The van der Waals surface area contributed by atoms with E-state index >= 15 is 0 Å². The van der Waals surface area contributed by atoms with Crippen LogP contribution in [-0.4, -0.2) is 27.2 Å². The second kappa shape index (κ2) is 6.87. The smallest absolute Gasteiger partial charge is 0.170 e. The third-order valence-electron chi connectivity index (χ3n) is 3.47.